The van der Waals surface area contributed by atoms with Gasteiger partial charge in [-0.2, -0.15) is 0 Å². The molecule has 0 aromatic heterocycles. The van der Waals surface area contributed by atoms with Gasteiger partial charge in [-0.1, -0.05) is 6.92 Å². The molecule has 1 fully saturated rings. The van der Waals surface area contributed by atoms with Crippen molar-refractivity contribution in [3.8, 4) is 0 Å². The Bertz CT molecular complexity index is 374. The molecule has 4 atom stereocenters. The van der Waals surface area contributed by atoms with Crippen molar-refractivity contribution in [2.75, 3.05) is 7.05 Å². The Morgan fingerprint density at radius 1 is 1.31 bits per heavy atom. The fourth-order valence-electron chi connectivity index (χ4n) is 3.31. The number of carbonyl (C=O) groups is 1. The van der Waals surface area contributed by atoms with Gasteiger partial charge >= 0.3 is 0 Å². The normalized spacial score (nSPS) is 43.3. The van der Waals surface area contributed by atoms with Crippen molar-refractivity contribution < 1.29 is 9.53 Å². The molecular formula is C13H19NO2. The lowest BCUT2D eigenvalue weighted by atomic mass is 9.85. The number of ketones is 1. The van der Waals surface area contributed by atoms with E-state index in [1.807, 2.05) is 13.8 Å². The van der Waals surface area contributed by atoms with Gasteiger partial charge in [-0.3, -0.25) is 9.69 Å². The van der Waals surface area contributed by atoms with E-state index in [1.165, 1.54) is 6.42 Å². The smallest absolute Gasteiger partial charge is 0.170 e. The topological polar surface area (TPSA) is 29.5 Å². The highest BCUT2D eigenvalue weighted by Crippen LogP contribution is 2.42. The van der Waals surface area contributed by atoms with Crippen LogP contribution in [0.1, 0.15) is 33.1 Å². The summed E-state index contributed by atoms with van der Waals surface area (Å²) in [5.41, 5.74) is 0.988. The Hall–Kier alpha value is -0.830. The van der Waals surface area contributed by atoms with E-state index < -0.39 is 0 Å². The Morgan fingerprint density at radius 3 is 2.81 bits per heavy atom. The molecule has 16 heavy (non-hydrogen) atoms. The number of likely N-dealkylation sites (N-methyl/N-ethyl adjacent to an activating group) is 1. The average molecular weight is 221 g/mol. The summed E-state index contributed by atoms with van der Waals surface area (Å²) in [6.45, 7) is 3.99. The number of nitrogens with zero attached hydrogens (tertiary/aromatic N) is 1. The number of fused-ring (bicyclic) bond motifs is 3. The molecule has 3 rings (SSSR count). The van der Waals surface area contributed by atoms with E-state index in [0.29, 0.717) is 17.9 Å². The standard InChI is InChI=1S/C13H19NO2/c1-7-8(2)16-11-6-9-4-5-10(14(9)3)12(11)13(7)15/h7-10H,4-6H2,1-3H3. The first-order chi connectivity index (χ1) is 7.59. The van der Waals surface area contributed by atoms with Crippen LogP contribution >= 0.6 is 0 Å². The zero-order chi connectivity index (χ0) is 11.4. The van der Waals surface area contributed by atoms with Crippen LogP contribution in [0.5, 0.6) is 0 Å². The summed E-state index contributed by atoms with van der Waals surface area (Å²) in [5, 5.41) is 0. The Balaban J connectivity index is 2.03. The lowest BCUT2D eigenvalue weighted by Crippen LogP contribution is -2.46. The molecule has 1 saturated heterocycles. The third kappa shape index (κ3) is 1.21. The highest BCUT2D eigenvalue weighted by Gasteiger charge is 2.46. The molecule has 0 saturated carbocycles. The highest BCUT2D eigenvalue weighted by molar-refractivity contribution is 5.99. The molecule has 3 heteroatoms. The average Bonchev–Trinajstić information content (AvgIpc) is 2.51. The lowest BCUT2D eigenvalue weighted by Gasteiger charge is -2.40. The quantitative estimate of drug-likeness (QED) is 0.624. The Kier molecular flexibility index (Phi) is 2.15. The summed E-state index contributed by atoms with van der Waals surface area (Å²) in [5.74, 6) is 1.34. The molecule has 3 nitrogen and oxygen atoms in total. The molecule has 4 unspecified atom stereocenters. The molecule has 3 heterocycles. The number of ether oxygens (including phenoxy) is 1. The second-order valence-corrected chi connectivity index (χ2v) is 5.43. The zero-order valence-electron chi connectivity index (χ0n) is 10.2. The second-order valence-electron chi connectivity index (χ2n) is 5.43. The largest absolute Gasteiger partial charge is 0.494 e. The van der Waals surface area contributed by atoms with Crippen molar-refractivity contribution >= 4 is 5.78 Å². The molecule has 0 amide bonds. The number of carbonyl (C=O) groups excluding carboxylic acids is 1. The Labute approximate surface area is 96.4 Å². The van der Waals surface area contributed by atoms with Crippen molar-refractivity contribution in [3.05, 3.63) is 11.3 Å². The third-order valence-corrected chi connectivity index (χ3v) is 4.61. The predicted molar refractivity (Wildman–Crippen MR) is 60.9 cm³/mol. The molecule has 0 aliphatic carbocycles. The fourth-order valence-corrected chi connectivity index (χ4v) is 3.31. The first kappa shape index (κ1) is 10.3. The van der Waals surface area contributed by atoms with Gasteiger partial charge in [-0.25, -0.2) is 0 Å². The lowest BCUT2D eigenvalue weighted by molar-refractivity contribution is -0.126. The predicted octanol–water partition coefficient (Wildman–Crippen LogP) is 1.73. The van der Waals surface area contributed by atoms with Gasteiger partial charge in [0, 0.05) is 18.5 Å². The van der Waals surface area contributed by atoms with E-state index >= 15 is 0 Å². The monoisotopic (exact) mass is 221 g/mol. The minimum atomic E-state index is 0.0179. The van der Waals surface area contributed by atoms with Gasteiger partial charge in [0.15, 0.2) is 5.78 Å². The van der Waals surface area contributed by atoms with E-state index in [2.05, 4.69) is 11.9 Å². The van der Waals surface area contributed by atoms with Gasteiger partial charge in [-0.05, 0) is 26.8 Å². The van der Waals surface area contributed by atoms with Crippen molar-refractivity contribution in [3.63, 3.8) is 0 Å². The van der Waals surface area contributed by atoms with Crippen LogP contribution in [-0.4, -0.2) is 35.9 Å². The van der Waals surface area contributed by atoms with E-state index in [9.17, 15) is 4.79 Å². The van der Waals surface area contributed by atoms with E-state index in [4.69, 9.17) is 4.74 Å². The first-order valence-electron chi connectivity index (χ1n) is 6.25. The number of rotatable bonds is 0. The minimum absolute atomic E-state index is 0.0179. The molecule has 0 aromatic rings. The molecule has 3 aliphatic rings. The summed E-state index contributed by atoms with van der Waals surface area (Å²) >= 11 is 0. The van der Waals surface area contributed by atoms with Gasteiger partial charge in [-0.15, -0.1) is 0 Å². The summed E-state index contributed by atoms with van der Waals surface area (Å²) in [6, 6.07) is 0.924. The van der Waals surface area contributed by atoms with Crippen LogP contribution in [0.4, 0.5) is 0 Å². The van der Waals surface area contributed by atoms with Crippen LogP contribution in [0.15, 0.2) is 11.3 Å². The maximum atomic E-state index is 12.3. The molecule has 0 radical (unpaired) electrons. The van der Waals surface area contributed by atoms with Gasteiger partial charge in [0.05, 0.1) is 11.5 Å². The van der Waals surface area contributed by atoms with Crippen LogP contribution in [0.3, 0.4) is 0 Å². The molecule has 2 bridgehead atoms. The highest BCUT2D eigenvalue weighted by atomic mass is 16.5. The second kappa shape index (κ2) is 3.33. The van der Waals surface area contributed by atoms with Crippen molar-refractivity contribution in [1.29, 1.82) is 0 Å². The molecule has 0 aromatic carbocycles. The SMILES string of the molecule is CC1OC2=C(C(=O)C1C)C1CCC(C2)N1C. The molecule has 3 aliphatic heterocycles. The zero-order valence-corrected chi connectivity index (χ0v) is 10.2. The number of Topliss-reactive ketones (excluding diaryl/α,β-unsaturated/α-hetero) is 1. The third-order valence-electron chi connectivity index (χ3n) is 4.61. The molecule has 0 N–H and O–H groups in total. The number of hydrogen-bond acceptors (Lipinski definition) is 3. The minimum Gasteiger partial charge on any atom is -0.494 e. The molecular weight excluding hydrogens is 202 g/mol. The van der Waals surface area contributed by atoms with Crippen LogP contribution in [0.2, 0.25) is 0 Å². The van der Waals surface area contributed by atoms with Crippen LogP contribution in [0.25, 0.3) is 0 Å². The fraction of sp³-hybridized carbons (Fsp3) is 0.769. The molecule has 0 spiro atoms. The first-order valence-corrected chi connectivity index (χ1v) is 6.25. The van der Waals surface area contributed by atoms with Gasteiger partial charge < -0.3 is 4.74 Å². The summed E-state index contributed by atoms with van der Waals surface area (Å²) in [7, 11) is 2.14. The van der Waals surface area contributed by atoms with Crippen molar-refractivity contribution in [1.82, 2.24) is 4.90 Å². The summed E-state index contributed by atoms with van der Waals surface area (Å²) in [4.78, 5) is 14.7. The van der Waals surface area contributed by atoms with Crippen LogP contribution in [-0.2, 0) is 9.53 Å². The van der Waals surface area contributed by atoms with Gasteiger partial charge in [0.1, 0.15) is 11.9 Å². The summed E-state index contributed by atoms with van der Waals surface area (Å²) < 4.78 is 5.93. The van der Waals surface area contributed by atoms with E-state index in [1.54, 1.807) is 0 Å². The van der Waals surface area contributed by atoms with Crippen molar-refractivity contribution in [2.45, 2.75) is 51.3 Å². The number of hydrogen-bond donors (Lipinski definition) is 0. The van der Waals surface area contributed by atoms with E-state index in [0.717, 1.165) is 24.2 Å². The maximum absolute atomic E-state index is 12.3. The summed E-state index contributed by atoms with van der Waals surface area (Å²) in [6.07, 6.45) is 3.31. The van der Waals surface area contributed by atoms with Gasteiger partial charge in [0.2, 0.25) is 0 Å². The van der Waals surface area contributed by atoms with E-state index in [-0.39, 0.29) is 12.0 Å². The van der Waals surface area contributed by atoms with Gasteiger partial charge in [0.25, 0.3) is 0 Å². The van der Waals surface area contributed by atoms with Crippen LogP contribution < -0.4 is 0 Å². The van der Waals surface area contributed by atoms with Crippen LogP contribution in [0, 0.1) is 5.92 Å². The van der Waals surface area contributed by atoms with Crippen molar-refractivity contribution in [2.24, 2.45) is 5.92 Å². The maximum Gasteiger partial charge on any atom is 0.170 e. The Morgan fingerprint density at radius 2 is 2.06 bits per heavy atom. The molecule has 88 valence electrons.